The van der Waals surface area contributed by atoms with Crippen LogP contribution in [-0.2, 0) is 21.8 Å². The number of aryl methyl sites for hydroxylation is 1. The summed E-state index contributed by atoms with van der Waals surface area (Å²) in [6.07, 6.45) is 0. The fourth-order valence-corrected chi connectivity index (χ4v) is 5.60. The standard InChI is InChI=1S/C24H34N2O5S/c1-9-31-24(28)22-17(5)21(18(6)25(22)8)23(27)19(7)26(14-15(2)3)32(29,30)20-12-10-16(4)11-13-20/h10-13,15,19H,9,14H2,1-8H3. The zero-order chi connectivity index (χ0) is 24.4. The van der Waals surface area contributed by atoms with Crippen LogP contribution in [0, 0.1) is 26.7 Å². The van der Waals surface area contributed by atoms with Crippen LogP contribution in [-0.4, -0.2) is 48.2 Å². The van der Waals surface area contributed by atoms with Crippen molar-refractivity contribution in [3.63, 3.8) is 0 Å². The minimum atomic E-state index is -3.91. The Morgan fingerprint density at radius 2 is 1.62 bits per heavy atom. The lowest BCUT2D eigenvalue weighted by Crippen LogP contribution is -2.45. The molecule has 1 atom stereocenters. The van der Waals surface area contributed by atoms with Gasteiger partial charge < -0.3 is 9.30 Å². The van der Waals surface area contributed by atoms with E-state index in [2.05, 4.69) is 0 Å². The van der Waals surface area contributed by atoms with Crippen LogP contribution in [0.25, 0.3) is 0 Å². The Kier molecular flexibility index (Phi) is 8.07. The Bertz CT molecular complexity index is 1100. The van der Waals surface area contributed by atoms with Gasteiger partial charge in [-0.2, -0.15) is 4.31 Å². The molecule has 0 saturated heterocycles. The van der Waals surface area contributed by atoms with Gasteiger partial charge in [-0.1, -0.05) is 31.5 Å². The van der Waals surface area contributed by atoms with Crippen molar-refractivity contribution < 1.29 is 22.7 Å². The van der Waals surface area contributed by atoms with Gasteiger partial charge in [0.25, 0.3) is 0 Å². The van der Waals surface area contributed by atoms with Crippen LogP contribution in [0.1, 0.15) is 65.4 Å². The van der Waals surface area contributed by atoms with Crippen LogP contribution in [0.3, 0.4) is 0 Å². The summed E-state index contributed by atoms with van der Waals surface area (Å²) >= 11 is 0. The van der Waals surface area contributed by atoms with Gasteiger partial charge in [-0.25, -0.2) is 13.2 Å². The van der Waals surface area contributed by atoms with E-state index in [9.17, 15) is 18.0 Å². The lowest BCUT2D eigenvalue weighted by Gasteiger charge is -2.29. The van der Waals surface area contributed by atoms with Crippen molar-refractivity contribution in [1.29, 1.82) is 0 Å². The number of rotatable bonds is 9. The first kappa shape index (κ1) is 25.8. The zero-order valence-electron chi connectivity index (χ0n) is 20.2. The molecule has 176 valence electrons. The molecular weight excluding hydrogens is 428 g/mol. The molecule has 0 saturated carbocycles. The van der Waals surface area contributed by atoms with E-state index in [4.69, 9.17) is 4.74 Å². The van der Waals surface area contributed by atoms with Crippen LogP contribution in [0.5, 0.6) is 0 Å². The average molecular weight is 463 g/mol. The van der Waals surface area contributed by atoms with Gasteiger partial charge in [0.15, 0.2) is 5.78 Å². The summed E-state index contributed by atoms with van der Waals surface area (Å²) in [7, 11) is -2.21. The molecule has 0 amide bonds. The molecule has 0 N–H and O–H groups in total. The average Bonchev–Trinajstić information content (AvgIpc) is 2.93. The molecule has 0 fully saturated rings. The number of carbonyl (C=O) groups excluding carboxylic acids is 2. The summed E-state index contributed by atoms with van der Waals surface area (Å²) in [6, 6.07) is 5.66. The third-order valence-corrected chi connectivity index (χ3v) is 7.58. The number of sulfonamides is 1. The molecule has 1 aromatic carbocycles. The highest BCUT2D eigenvalue weighted by Crippen LogP contribution is 2.27. The van der Waals surface area contributed by atoms with Crippen molar-refractivity contribution in [2.45, 2.75) is 59.4 Å². The number of hydrogen-bond acceptors (Lipinski definition) is 5. The van der Waals surface area contributed by atoms with E-state index in [0.717, 1.165) is 5.56 Å². The van der Waals surface area contributed by atoms with Crippen LogP contribution in [0.2, 0.25) is 0 Å². The number of hydrogen-bond donors (Lipinski definition) is 0. The molecule has 2 rings (SSSR count). The maximum absolute atomic E-state index is 13.6. The molecule has 0 bridgehead atoms. The summed E-state index contributed by atoms with van der Waals surface area (Å²) in [6.45, 7) is 12.9. The van der Waals surface area contributed by atoms with Crippen molar-refractivity contribution in [1.82, 2.24) is 8.87 Å². The number of ether oxygens (including phenoxy) is 1. The van der Waals surface area contributed by atoms with Crippen LogP contribution in [0.15, 0.2) is 29.2 Å². The Hall–Kier alpha value is -2.45. The number of benzene rings is 1. The van der Waals surface area contributed by atoms with Gasteiger partial charge >= 0.3 is 5.97 Å². The molecule has 0 spiro atoms. The van der Waals surface area contributed by atoms with Crippen molar-refractivity contribution in [3.05, 3.63) is 52.3 Å². The van der Waals surface area contributed by atoms with Gasteiger partial charge in [0.1, 0.15) is 5.69 Å². The van der Waals surface area contributed by atoms with Crippen LogP contribution in [0.4, 0.5) is 0 Å². The third-order valence-electron chi connectivity index (χ3n) is 5.63. The molecule has 2 aromatic rings. The summed E-state index contributed by atoms with van der Waals surface area (Å²) in [5, 5.41) is 0. The SMILES string of the molecule is CCOC(=O)c1c(C)c(C(=O)C(C)N(CC(C)C)S(=O)(=O)c2ccc(C)cc2)c(C)n1C. The fraction of sp³-hybridized carbons (Fsp3) is 0.500. The molecular formula is C24H34N2O5S. The highest BCUT2D eigenvalue weighted by molar-refractivity contribution is 7.89. The molecule has 0 aliphatic carbocycles. The van der Waals surface area contributed by atoms with Crippen molar-refractivity contribution in [2.24, 2.45) is 13.0 Å². The van der Waals surface area contributed by atoms with E-state index in [1.165, 1.54) is 4.31 Å². The summed E-state index contributed by atoms with van der Waals surface area (Å²) < 4.78 is 35.0. The number of ketones is 1. The number of esters is 1. The first-order chi connectivity index (χ1) is 14.8. The van der Waals surface area contributed by atoms with Gasteiger partial charge in [-0.3, -0.25) is 4.79 Å². The van der Waals surface area contributed by atoms with E-state index in [0.29, 0.717) is 22.5 Å². The number of nitrogens with zero attached hydrogens (tertiary/aromatic N) is 2. The predicted molar refractivity (Wildman–Crippen MR) is 125 cm³/mol. The summed E-state index contributed by atoms with van der Waals surface area (Å²) in [4.78, 5) is 26.2. The maximum Gasteiger partial charge on any atom is 0.355 e. The third kappa shape index (κ3) is 4.96. The normalized spacial score (nSPS) is 12.9. The van der Waals surface area contributed by atoms with Gasteiger partial charge in [0.05, 0.1) is 17.5 Å². The second-order valence-corrected chi connectivity index (χ2v) is 10.4. The molecule has 8 heteroatoms. The zero-order valence-corrected chi connectivity index (χ0v) is 21.0. The van der Waals surface area contributed by atoms with Gasteiger partial charge in [-0.15, -0.1) is 0 Å². The molecule has 1 aromatic heterocycles. The topological polar surface area (TPSA) is 85.7 Å². The smallest absolute Gasteiger partial charge is 0.355 e. The quantitative estimate of drug-likeness (QED) is 0.415. The number of carbonyl (C=O) groups is 2. The monoisotopic (exact) mass is 462 g/mol. The fourth-order valence-electron chi connectivity index (χ4n) is 3.84. The van der Waals surface area contributed by atoms with Crippen molar-refractivity contribution >= 4 is 21.8 Å². The Balaban J connectivity index is 2.55. The van der Waals surface area contributed by atoms with Crippen molar-refractivity contribution in [3.8, 4) is 0 Å². The molecule has 1 unspecified atom stereocenters. The molecule has 0 aliphatic heterocycles. The Morgan fingerprint density at radius 3 is 2.12 bits per heavy atom. The van der Waals surface area contributed by atoms with E-state index in [1.54, 1.807) is 63.6 Å². The highest BCUT2D eigenvalue weighted by Gasteiger charge is 2.36. The van der Waals surface area contributed by atoms with E-state index in [1.807, 2.05) is 20.8 Å². The highest BCUT2D eigenvalue weighted by atomic mass is 32.2. The minimum absolute atomic E-state index is 0.0125. The molecule has 1 heterocycles. The molecule has 0 radical (unpaired) electrons. The maximum atomic E-state index is 13.6. The predicted octanol–water partition coefficient (Wildman–Crippen LogP) is 4.05. The van der Waals surface area contributed by atoms with Gasteiger partial charge in [0.2, 0.25) is 10.0 Å². The van der Waals surface area contributed by atoms with E-state index in [-0.39, 0.29) is 29.7 Å². The van der Waals surface area contributed by atoms with Gasteiger partial charge in [0, 0.05) is 24.8 Å². The Morgan fingerprint density at radius 1 is 1.06 bits per heavy atom. The Labute approximate surface area is 191 Å². The second-order valence-electron chi connectivity index (χ2n) is 8.54. The van der Waals surface area contributed by atoms with Gasteiger partial charge in [-0.05, 0) is 58.2 Å². The molecule has 7 nitrogen and oxygen atoms in total. The largest absolute Gasteiger partial charge is 0.461 e. The molecule has 32 heavy (non-hydrogen) atoms. The minimum Gasteiger partial charge on any atom is -0.461 e. The van der Waals surface area contributed by atoms with Crippen LogP contribution < -0.4 is 0 Å². The first-order valence-electron chi connectivity index (χ1n) is 10.8. The van der Waals surface area contributed by atoms with E-state index < -0.39 is 22.0 Å². The number of Topliss-reactive ketones (excluding diaryl/α,β-unsaturated/α-hetero) is 1. The second kappa shape index (κ2) is 10.0. The number of aromatic nitrogens is 1. The van der Waals surface area contributed by atoms with Crippen molar-refractivity contribution in [2.75, 3.05) is 13.2 Å². The lowest BCUT2D eigenvalue weighted by molar-refractivity contribution is 0.0514. The first-order valence-corrected chi connectivity index (χ1v) is 12.2. The molecule has 0 aliphatic rings. The van der Waals surface area contributed by atoms with Crippen LogP contribution >= 0.6 is 0 Å². The summed E-state index contributed by atoms with van der Waals surface area (Å²) in [5.74, 6) is -0.838. The summed E-state index contributed by atoms with van der Waals surface area (Å²) in [5.41, 5.74) is 2.70. The van der Waals surface area contributed by atoms with E-state index >= 15 is 0 Å². The lowest BCUT2D eigenvalue weighted by atomic mass is 10.0.